The van der Waals surface area contributed by atoms with Crippen LogP contribution < -0.4 is 0 Å². The molecule has 0 aliphatic heterocycles. The number of hydrogen-bond donors (Lipinski definition) is 0. The van der Waals surface area contributed by atoms with Crippen molar-refractivity contribution in [2.45, 2.75) is 38.5 Å². The van der Waals surface area contributed by atoms with Gasteiger partial charge in [-0.2, -0.15) is 5.10 Å². The number of halogens is 1. The van der Waals surface area contributed by atoms with E-state index in [0.717, 1.165) is 28.3 Å². The number of Topliss-reactive ketones (excluding diaryl/α,β-unsaturated/α-hetero) is 1. The third-order valence-corrected chi connectivity index (χ3v) is 5.42. The molecule has 7 heteroatoms. The molecule has 5 rings (SSSR count). The van der Waals surface area contributed by atoms with Crippen LogP contribution in [0, 0.1) is 5.82 Å². The summed E-state index contributed by atoms with van der Waals surface area (Å²) in [5.41, 5.74) is 4.16. The zero-order chi connectivity index (χ0) is 20.1. The number of carbonyl (C=O) groups is 1. The second kappa shape index (κ2) is 6.62. The first-order valence-corrected chi connectivity index (χ1v) is 9.63. The van der Waals surface area contributed by atoms with Gasteiger partial charge in [0.1, 0.15) is 11.6 Å². The fourth-order valence-electron chi connectivity index (χ4n) is 4.01. The summed E-state index contributed by atoms with van der Waals surface area (Å²) in [6.07, 6.45) is 2.54. The van der Waals surface area contributed by atoms with Gasteiger partial charge in [-0.05, 0) is 35.7 Å². The van der Waals surface area contributed by atoms with Crippen molar-refractivity contribution in [1.29, 1.82) is 0 Å². The minimum absolute atomic E-state index is 0.0571. The van der Waals surface area contributed by atoms with Crippen molar-refractivity contribution in [2.24, 2.45) is 0 Å². The molecule has 1 atom stereocenters. The van der Waals surface area contributed by atoms with Crippen LogP contribution in [0.3, 0.4) is 0 Å². The van der Waals surface area contributed by atoms with Crippen molar-refractivity contribution in [3.8, 4) is 11.1 Å². The molecule has 0 bridgehead atoms. The number of hydrogen-bond acceptors (Lipinski definition) is 5. The predicted molar refractivity (Wildman–Crippen MR) is 104 cm³/mol. The van der Waals surface area contributed by atoms with E-state index in [1.807, 2.05) is 26.0 Å². The molecule has 4 aromatic rings. The highest BCUT2D eigenvalue weighted by atomic mass is 19.1. The highest BCUT2D eigenvalue weighted by Gasteiger charge is 2.33. The van der Waals surface area contributed by atoms with Crippen LogP contribution in [0.5, 0.6) is 0 Å². The van der Waals surface area contributed by atoms with Gasteiger partial charge in [-0.15, -0.1) is 10.2 Å². The normalized spacial score (nSPS) is 16.6. The Hall–Kier alpha value is -3.35. The van der Waals surface area contributed by atoms with Gasteiger partial charge in [-0.3, -0.25) is 4.79 Å². The second-order valence-electron chi connectivity index (χ2n) is 7.70. The number of carbonyl (C=O) groups excluding carboxylic acids is 1. The van der Waals surface area contributed by atoms with Crippen molar-refractivity contribution >= 4 is 11.4 Å². The smallest absolute Gasteiger partial charge is 0.185 e. The lowest BCUT2D eigenvalue weighted by molar-refractivity contribution is 0.0951. The first kappa shape index (κ1) is 17.7. The van der Waals surface area contributed by atoms with E-state index in [4.69, 9.17) is 9.52 Å². The number of furan rings is 1. The van der Waals surface area contributed by atoms with Gasteiger partial charge >= 0.3 is 0 Å². The first-order chi connectivity index (χ1) is 14.0. The maximum atomic E-state index is 13.5. The van der Waals surface area contributed by atoms with E-state index in [2.05, 4.69) is 10.2 Å². The van der Waals surface area contributed by atoms with Crippen molar-refractivity contribution in [3.05, 3.63) is 71.3 Å². The summed E-state index contributed by atoms with van der Waals surface area (Å²) in [4.78, 5) is 12.7. The first-order valence-electron chi connectivity index (χ1n) is 9.63. The van der Waals surface area contributed by atoms with Crippen molar-refractivity contribution in [3.63, 3.8) is 0 Å². The molecule has 0 N–H and O–H groups in total. The van der Waals surface area contributed by atoms with Gasteiger partial charge in [0.05, 0.1) is 23.2 Å². The van der Waals surface area contributed by atoms with Crippen LogP contribution >= 0.6 is 0 Å². The van der Waals surface area contributed by atoms with Crippen molar-refractivity contribution in [1.82, 2.24) is 19.8 Å². The Bertz CT molecular complexity index is 1210. The molecular formula is C22H19FN4O2. The van der Waals surface area contributed by atoms with Crippen LogP contribution in [-0.2, 0) is 6.42 Å². The monoisotopic (exact) mass is 390 g/mol. The molecule has 29 heavy (non-hydrogen) atoms. The number of aromatic nitrogens is 4. The average molecular weight is 390 g/mol. The molecule has 146 valence electrons. The summed E-state index contributed by atoms with van der Waals surface area (Å²) in [5.74, 6) is 0.480. The van der Waals surface area contributed by atoms with E-state index in [1.54, 1.807) is 22.9 Å². The lowest BCUT2D eigenvalue weighted by Crippen LogP contribution is -2.24. The van der Waals surface area contributed by atoms with E-state index in [1.165, 1.54) is 12.1 Å². The summed E-state index contributed by atoms with van der Waals surface area (Å²) in [6, 6.07) is 10.00. The Labute approximate surface area is 166 Å². The van der Waals surface area contributed by atoms with Crippen LogP contribution in [0.15, 0.2) is 47.1 Å². The van der Waals surface area contributed by atoms with Gasteiger partial charge in [0.2, 0.25) is 0 Å². The predicted octanol–water partition coefficient (Wildman–Crippen LogP) is 4.56. The van der Waals surface area contributed by atoms with Gasteiger partial charge in [-0.25, -0.2) is 8.91 Å². The summed E-state index contributed by atoms with van der Waals surface area (Å²) >= 11 is 0. The Morgan fingerprint density at radius 3 is 2.62 bits per heavy atom. The lowest BCUT2D eigenvalue weighted by atomic mass is 9.87. The molecule has 1 aromatic carbocycles. The minimum Gasteiger partial charge on any atom is -0.469 e. The van der Waals surface area contributed by atoms with E-state index in [0.29, 0.717) is 24.2 Å². The molecular weight excluding hydrogens is 371 g/mol. The summed E-state index contributed by atoms with van der Waals surface area (Å²) in [7, 11) is 0. The highest BCUT2D eigenvalue weighted by molar-refractivity contribution is 5.97. The molecule has 0 radical (unpaired) electrons. The van der Waals surface area contributed by atoms with Gasteiger partial charge in [-0.1, -0.05) is 26.0 Å². The van der Waals surface area contributed by atoms with Crippen LogP contribution in [-0.4, -0.2) is 25.6 Å². The van der Waals surface area contributed by atoms with Crippen molar-refractivity contribution < 1.29 is 13.6 Å². The minimum atomic E-state index is -0.299. The van der Waals surface area contributed by atoms with Crippen molar-refractivity contribution in [2.75, 3.05) is 0 Å². The Morgan fingerprint density at radius 1 is 1.14 bits per heavy atom. The average Bonchev–Trinajstić information content (AvgIpc) is 3.36. The topological polar surface area (TPSA) is 73.3 Å². The van der Waals surface area contributed by atoms with E-state index in [-0.39, 0.29) is 23.4 Å². The molecule has 0 saturated heterocycles. The standard InChI is InChI=1S/C22H19FN4O2/c1-12(2)20-19(13-5-7-15(23)8-6-13)22-25-24-21-16(27(22)26-20)10-14(11-17(21)28)18-4-3-9-29-18/h3-9,12,14H,10-11H2,1-2H3/t14-/m0/s1. The molecule has 0 fully saturated rings. The summed E-state index contributed by atoms with van der Waals surface area (Å²) < 4.78 is 20.7. The third kappa shape index (κ3) is 2.85. The van der Waals surface area contributed by atoms with Crippen LogP contribution in [0.25, 0.3) is 16.8 Å². The van der Waals surface area contributed by atoms with Crippen LogP contribution in [0.1, 0.15) is 59.7 Å². The lowest BCUT2D eigenvalue weighted by Gasteiger charge is -2.21. The number of rotatable bonds is 3. The Morgan fingerprint density at radius 2 is 1.93 bits per heavy atom. The fraction of sp³-hybridized carbons (Fsp3) is 0.273. The maximum Gasteiger partial charge on any atom is 0.185 e. The van der Waals surface area contributed by atoms with Crippen LogP contribution in [0.2, 0.25) is 0 Å². The molecule has 0 amide bonds. The molecule has 3 heterocycles. The molecule has 3 aromatic heterocycles. The quantitative estimate of drug-likeness (QED) is 0.513. The number of ketones is 1. The van der Waals surface area contributed by atoms with Gasteiger partial charge in [0.15, 0.2) is 17.1 Å². The van der Waals surface area contributed by atoms with Crippen LogP contribution in [0.4, 0.5) is 4.39 Å². The van der Waals surface area contributed by atoms with Gasteiger partial charge < -0.3 is 4.42 Å². The number of benzene rings is 1. The molecule has 1 aliphatic carbocycles. The van der Waals surface area contributed by atoms with Gasteiger partial charge in [0.25, 0.3) is 0 Å². The molecule has 1 aliphatic rings. The molecule has 0 unspecified atom stereocenters. The zero-order valence-electron chi connectivity index (χ0n) is 16.1. The molecule has 6 nitrogen and oxygen atoms in total. The zero-order valence-corrected chi connectivity index (χ0v) is 16.1. The number of nitrogens with zero attached hydrogens (tertiary/aromatic N) is 4. The molecule has 0 spiro atoms. The Kier molecular flexibility index (Phi) is 4.04. The number of fused-ring (bicyclic) bond motifs is 3. The van der Waals surface area contributed by atoms with Gasteiger partial charge in [0, 0.05) is 18.8 Å². The van der Waals surface area contributed by atoms with E-state index < -0.39 is 0 Å². The second-order valence-corrected chi connectivity index (χ2v) is 7.70. The largest absolute Gasteiger partial charge is 0.469 e. The van der Waals surface area contributed by atoms with E-state index >= 15 is 0 Å². The molecule has 0 saturated carbocycles. The fourth-order valence-corrected chi connectivity index (χ4v) is 4.01. The highest BCUT2D eigenvalue weighted by Crippen LogP contribution is 2.36. The third-order valence-electron chi connectivity index (χ3n) is 5.42. The Balaban J connectivity index is 1.73. The SMILES string of the molecule is CC(C)c1nn2c3c(nnc2c1-c1ccc(F)cc1)C(=O)C[C@@H](c1ccco1)C3. The van der Waals surface area contributed by atoms with E-state index in [9.17, 15) is 9.18 Å². The maximum absolute atomic E-state index is 13.5. The summed E-state index contributed by atoms with van der Waals surface area (Å²) in [5, 5.41) is 13.4. The summed E-state index contributed by atoms with van der Waals surface area (Å²) in [6.45, 7) is 4.09.